The van der Waals surface area contributed by atoms with Gasteiger partial charge in [-0.15, -0.1) is 0 Å². The van der Waals surface area contributed by atoms with Crippen molar-refractivity contribution in [3.8, 4) is 11.5 Å². The van der Waals surface area contributed by atoms with Crippen LogP contribution >= 0.6 is 0 Å². The van der Waals surface area contributed by atoms with Gasteiger partial charge >= 0.3 is 0 Å². The van der Waals surface area contributed by atoms with Crippen LogP contribution in [-0.2, 0) is 0 Å². The number of rotatable bonds is 6. The Hall–Kier alpha value is -3.35. The number of methoxy groups -OCH3 is 1. The van der Waals surface area contributed by atoms with Gasteiger partial charge in [-0.1, -0.05) is 12.1 Å². The molecule has 0 amide bonds. The number of para-hydroxylation sites is 1. The molecule has 3 aromatic rings. The third-order valence-electron chi connectivity index (χ3n) is 3.82. The van der Waals surface area contributed by atoms with Gasteiger partial charge in [0.25, 0.3) is 5.69 Å². The van der Waals surface area contributed by atoms with Gasteiger partial charge in [0.2, 0.25) is 5.78 Å². The number of aromatic amines is 1. The number of hydrogen-bond donors (Lipinski definition) is 1. The van der Waals surface area contributed by atoms with Gasteiger partial charge in [-0.25, -0.2) is 0 Å². The molecule has 1 N–H and O–H groups in total. The highest BCUT2D eigenvalue weighted by atomic mass is 16.6. The lowest BCUT2D eigenvalue weighted by Gasteiger charge is -2.06. The van der Waals surface area contributed by atoms with Crippen molar-refractivity contribution in [1.29, 1.82) is 0 Å². The molecule has 0 aliphatic carbocycles. The molecule has 0 aliphatic heterocycles. The second-order valence-corrected chi connectivity index (χ2v) is 5.28. The quantitative estimate of drug-likeness (QED) is 0.419. The lowest BCUT2D eigenvalue weighted by molar-refractivity contribution is -0.385. The van der Waals surface area contributed by atoms with E-state index in [1.54, 1.807) is 38.3 Å². The summed E-state index contributed by atoms with van der Waals surface area (Å²) in [5, 5.41) is 11.9. The van der Waals surface area contributed by atoms with Gasteiger partial charge in [-0.3, -0.25) is 14.9 Å². The highest BCUT2D eigenvalue weighted by Gasteiger charge is 2.26. The summed E-state index contributed by atoms with van der Waals surface area (Å²) < 4.78 is 10.9. The average Bonchev–Trinajstić information content (AvgIpc) is 2.99. The Morgan fingerprint density at radius 3 is 2.68 bits per heavy atom. The van der Waals surface area contributed by atoms with Crippen LogP contribution in [0.2, 0.25) is 0 Å². The average molecular weight is 340 g/mol. The molecule has 0 saturated heterocycles. The highest BCUT2D eigenvalue weighted by Crippen LogP contribution is 2.35. The van der Waals surface area contributed by atoms with Crippen LogP contribution in [0.25, 0.3) is 10.9 Å². The first-order valence-corrected chi connectivity index (χ1v) is 7.67. The fraction of sp³-hybridized carbons (Fsp3) is 0.167. The molecule has 0 saturated carbocycles. The fourth-order valence-electron chi connectivity index (χ4n) is 2.69. The number of carbonyl (C=O) groups excluding carboxylic acids is 1. The van der Waals surface area contributed by atoms with Crippen LogP contribution in [0.15, 0.2) is 42.5 Å². The van der Waals surface area contributed by atoms with E-state index in [9.17, 15) is 14.9 Å². The van der Waals surface area contributed by atoms with Crippen LogP contribution in [0.1, 0.15) is 23.0 Å². The van der Waals surface area contributed by atoms with Crippen molar-refractivity contribution in [2.24, 2.45) is 0 Å². The summed E-state index contributed by atoms with van der Waals surface area (Å²) >= 11 is 0. The zero-order valence-electron chi connectivity index (χ0n) is 13.7. The van der Waals surface area contributed by atoms with E-state index in [2.05, 4.69) is 4.98 Å². The summed E-state index contributed by atoms with van der Waals surface area (Å²) in [6.07, 6.45) is 0. The lowest BCUT2D eigenvalue weighted by atomic mass is 10.1. The Morgan fingerprint density at radius 2 is 2.00 bits per heavy atom. The summed E-state index contributed by atoms with van der Waals surface area (Å²) in [5.41, 5.74) is 0.628. The minimum Gasteiger partial charge on any atom is -0.497 e. The maximum absolute atomic E-state index is 12.9. The molecule has 7 nitrogen and oxygen atoms in total. The van der Waals surface area contributed by atoms with E-state index in [0.29, 0.717) is 29.0 Å². The van der Waals surface area contributed by atoms with Crippen molar-refractivity contribution in [2.75, 3.05) is 13.7 Å². The van der Waals surface area contributed by atoms with Gasteiger partial charge in [0.15, 0.2) is 5.75 Å². The maximum atomic E-state index is 12.9. The molecule has 1 aromatic heterocycles. The summed E-state index contributed by atoms with van der Waals surface area (Å²) in [4.78, 5) is 26.6. The number of ketones is 1. The van der Waals surface area contributed by atoms with Crippen LogP contribution in [-0.4, -0.2) is 29.4 Å². The van der Waals surface area contributed by atoms with Gasteiger partial charge in [0.1, 0.15) is 17.0 Å². The van der Waals surface area contributed by atoms with Crippen LogP contribution in [0.5, 0.6) is 11.5 Å². The van der Waals surface area contributed by atoms with Gasteiger partial charge in [0, 0.05) is 11.5 Å². The van der Waals surface area contributed by atoms with Gasteiger partial charge in [-0.2, -0.15) is 0 Å². The van der Waals surface area contributed by atoms with Crippen molar-refractivity contribution in [1.82, 2.24) is 4.98 Å². The molecular formula is C18H16N2O5. The molecule has 128 valence electrons. The number of hydrogen-bond acceptors (Lipinski definition) is 5. The first-order chi connectivity index (χ1) is 12.1. The van der Waals surface area contributed by atoms with Crippen molar-refractivity contribution in [3.05, 3.63) is 63.8 Å². The van der Waals surface area contributed by atoms with E-state index in [1.807, 2.05) is 0 Å². The number of aromatic nitrogens is 1. The summed E-state index contributed by atoms with van der Waals surface area (Å²) in [7, 11) is 1.55. The van der Waals surface area contributed by atoms with Crippen molar-refractivity contribution in [2.45, 2.75) is 6.92 Å². The molecule has 1 heterocycles. The molecule has 0 aliphatic rings. The number of nitrogens with zero attached hydrogens (tertiary/aromatic N) is 1. The molecule has 3 rings (SSSR count). The van der Waals surface area contributed by atoms with Gasteiger partial charge in [0.05, 0.1) is 24.2 Å². The predicted molar refractivity (Wildman–Crippen MR) is 92.5 cm³/mol. The molecule has 0 atom stereocenters. The lowest BCUT2D eigenvalue weighted by Crippen LogP contribution is -2.08. The molecule has 25 heavy (non-hydrogen) atoms. The zero-order chi connectivity index (χ0) is 18.0. The fourth-order valence-corrected chi connectivity index (χ4v) is 2.69. The van der Waals surface area contributed by atoms with E-state index in [0.717, 1.165) is 0 Å². The van der Waals surface area contributed by atoms with Gasteiger partial charge in [-0.05, 0) is 31.2 Å². The Kier molecular flexibility index (Phi) is 4.38. The minimum atomic E-state index is -0.570. The molecule has 7 heteroatoms. The number of nitrogens with one attached hydrogen (secondary N) is 1. The van der Waals surface area contributed by atoms with Crippen molar-refractivity contribution >= 4 is 22.4 Å². The van der Waals surface area contributed by atoms with E-state index in [-0.39, 0.29) is 16.9 Å². The molecule has 0 spiro atoms. The second kappa shape index (κ2) is 6.64. The number of H-pyrrole nitrogens is 1. The van der Waals surface area contributed by atoms with Crippen LogP contribution < -0.4 is 9.47 Å². The monoisotopic (exact) mass is 340 g/mol. The predicted octanol–water partition coefficient (Wildman–Crippen LogP) is 3.71. The third-order valence-corrected chi connectivity index (χ3v) is 3.82. The second-order valence-electron chi connectivity index (χ2n) is 5.28. The summed E-state index contributed by atoms with van der Waals surface area (Å²) in [6.45, 7) is 2.15. The Labute approximate surface area is 143 Å². The molecule has 0 fully saturated rings. The van der Waals surface area contributed by atoms with Crippen molar-refractivity contribution < 1.29 is 19.2 Å². The number of benzene rings is 2. The summed E-state index contributed by atoms with van der Waals surface area (Å²) in [5.74, 6) is 0.489. The van der Waals surface area contributed by atoms with Crippen LogP contribution in [0.4, 0.5) is 5.69 Å². The van der Waals surface area contributed by atoms with Crippen LogP contribution in [0, 0.1) is 10.1 Å². The first-order valence-electron chi connectivity index (χ1n) is 7.67. The number of nitro benzene ring substituents is 1. The number of nitro groups is 1. The number of fused-ring (bicyclic) bond motifs is 1. The minimum absolute atomic E-state index is 0.00646. The third kappa shape index (κ3) is 2.91. The van der Waals surface area contributed by atoms with E-state index in [4.69, 9.17) is 9.47 Å². The van der Waals surface area contributed by atoms with E-state index < -0.39 is 10.7 Å². The van der Waals surface area contributed by atoms with Crippen molar-refractivity contribution in [3.63, 3.8) is 0 Å². The maximum Gasteiger partial charge on any atom is 0.280 e. The number of carbonyl (C=O) groups is 1. The largest absolute Gasteiger partial charge is 0.497 e. The molecule has 2 aromatic carbocycles. The van der Waals surface area contributed by atoms with Crippen LogP contribution in [0.3, 0.4) is 0 Å². The van der Waals surface area contributed by atoms with E-state index in [1.165, 1.54) is 18.2 Å². The topological polar surface area (TPSA) is 94.5 Å². The Bertz CT molecular complexity index is 961. The number of ether oxygens (including phenoxy) is 2. The normalized spacial score (nSPS) is 10.6. The molecule has 0 radical (unpaired) electrons. The molecule has 0 bridgehead atoms. The zero-order valence-corrected chi connectivity index (χ0v) is 13.7. The SMILES string of the molecule is CCOc1c(C(=O)c2ccccc2[N+](=O)[O-])[nH]c2ccc(OC)cc12. The summed E-state index contributed by atoms with van der Waals surface area (Å²) in [6, 6.07) is 11.1. The Morgan fingerprint density at radius 1 is 1.24 bits per heavy atom. The molecule has 0 unspecified atom stereocenters. The standard InChI is InChI=1S/C18H16N2O5/c1-3-25-18-13-10-11(24-2)8-9-14(13)19-16(18)17(21)12-6-4-5-7-15(12)20(22)23/h4-10,19H,3H2,1-2H3. The molecular weight excluding hydrogens is 324 g/mol. The Balaban J connectivity index is 2.19. The highest BCUT2D eigenvalue weighted by molar-refractivity contribution is 6.15. The smallest absolute Gasteiger partial charge is 0.280 e. The van der Waals surface area contributed by atoms with E-state index >= 15 is 0 Å². The first kappa shape index (κ1) is 16.5. The van der Waals surface area contributed by atoms with Gasteiger partial charge < -0.3 is 14.5 Å².